The first-order chi connectivity index (χ1) is 25.7. The summed E-state index contributed by atoms with van der Waals surface area (Å²) in [7, 11) is 0. The van der Waals surface area contributed by atoms with Gasteiger partial charge in [0.25, 0.3) is 0 Å². The van der Waals surface area contributed by atoms with Crippen LogP contribution in [0.1, 0.15) is 0 Å². The second-order valence-corrected chi connectivity index (χ2v) is 12.9. The van der Waals surface area contributed by atoms with Crippen molar-refractivity contribution in [1.82, 2.24) is 19.1 Å². The molecule has 0 aliphatic carbocycles. The fourth-order valence-electron chi connectivity index (χ4n) is 7.61. The van der Waals surface area contributed by atoms with Crippen molar-refractivity contribution >= 4 is 49.3 Å². The van der Waals surface area contributed by atoms with E-state index in [0.29, 0.717) is 11.5 Å². The molecule has 0 saturated heterocycles. The molecule has 7 aromatic carbocycles. The summed E-state index contributed by atoms with van der Waals surface area (Å²) in [6, 6.07) is 60.8. The van der Waals surface area contributed by atoms with Crippen molar-refractivity contribution in [2.24, 2.45) is 0 Å². The predicted octanol–water partition coefficient (Wildman–Crippen LogP) is 12.2. The van der Waals surface area contributed by atoms with Crippen LogP contribution in [0.4, 0.5) is 5.69 Å². The molecule has 0 aliphatic rings. The molecule has 0 aliphatic heterocycles. The van der Waals surface area contributed by atoms with Gasteiger partial charge in [-0.15, -0.1) is 0 Å². The quantitative estimate of drug-likeness (QED) is 0.172. The van der Waals surface area contributed by atoms with Crippen LogP contribution in [0.2, 0.25) is 0 Å². The van der Waals surface area contributed by atoms with Crippen LogP contribution < -0.4 is 0 Å². The number of hydrogen-bond donors (Lipinski definition) is 0. The van der Waals surface area contributed by atoms with Crippen molar-refractivity contribution < 1.29 is 0 Å². The van der Waals surface area contributed by atoms with Gasteiger partial charge in [0.05, 0.1) is 40.0 Å². The highest BCUT2D eigenvalue weighted by atomic mass is 15.0. The lowest BCUT2D eigenvalue weighted by Gasteiger charge is -2.12. The summed E-state index contributed by atoms with van der Waals surface area (Å²) in [5, 5.41) is 4.74. The van der Waals surface area contributed by atoms with Gasteiger partial charge in [0.15, 0.2) is 11.5 Å². The normalized spacial score (nSPS) is 11.4. The highest BCUT2D eigenvalue weighted by Crippen LogP contribution is 2.42. The Kier molecular flexibility index (Phi) is 6.80. The van der Waals surface area contributed by atoms with Crippen LogP contribution in [0.3, 0.4) is 0 Å². The standard InChI is InChI=1S/C47H29N5/c1-48-34-17-12-18-36(29-34)51-43-22-11-9-20-39(43)45-44(51)28-27-38-37-19-8-10-21-42(37)52(46(38)45)35-25-23-32(24-26-35)41-30-40(31-13-4-2-5-14-31)49-47(50-41)33-15-6-3-7-16-33/h2-30H. The van der Waals surface area contributed by atoms with Gasteiger partial charge in [-0.25, -0.2) is 14.8 Å². The van der Waals surface area contributed by atoms with Crippen LogP contribution >= 0.6 is 0 Å². The second-order valence-electron chi connectivity index (χ2n) is 12.9. The van der Waals surface area contributed by atoms with Gasteiger partial charge in [-0.05, 0) is 48.5 Å². The summed E-state index contributed by atoms with van der Waals surface area (Å²) in [5.41, 5.74) is 12.0. The van der Waals surface area contributed by atoms with E-state index in [9.17, 15) is 0 Å². The van der Waals surface area contributed by atoms with E-state index in [-0.39, 0.29) is 0 Å². The van der Waals surface area contributed by atoms with Crippen LogP contribution in [0.15, 0.2) is 176 Å². The van der Waals surface area contributed by atoms with Gasteiger partial charge in [-0.3, -0.25) is 0 Å². The molecule has 52 heavy (non-hydrogen) atoms. The number of nitrogens with zero attached hydrogens (tertiary/aromatic N) is 5. The number of fused-ring (bicyclic) bond motifs is 7. The Morgan fingerprint density at radius 2 is 1.04 bits per heavy atom. The van der Waals surface area contributed by atoms with Gasteiger partial charge in [0.1, 0.15) is 0 Å². The van der Waals surface area contributed by atoms with Gasteiger partial charge in [0.2, 0.25) is 0 Å². The Morgan fingerprint density at radius 1 is 0.423 bits per heavy atom. The molecule has 0 N–H and O–H groups in total. The molecule has 10 rings (SSSR count). The molecule has 3 aromatic heterocycles. The summed E-state index contributed by atoms with van der Waals surface area (Å²) in [6.07, 6.45) is 0. The fourth-order valence-corrected chi connectivity index (χ4v) is 7.61. The van der Waals surface area contributed by atoms with Crippen LogP contribution in [0.25, 0.3) is 93.7 Å². The maximum Gasteiger partial charge on any atom is 0.189 e. The fraction of sp³-hybridized carbons (Fsp3) is 0. The van der Waals surface area contributed by atoms with E-state index in [0.717, 1.165) is 61.5 Å². The van der Waals surface area contributed by atoms with Crippen molar-refractivity contribution in [3.8, 4) is 45.3 Å². The highest BCUT2D eigenvalue weighted by Gasteiger charge is 2.21. The van der Waals surface area contributed by atoms with E-state index >= 15 is 0 Å². The second kappa shape index (κ2) is 11.9. The maximum absolute atomic E-state index is 7.66. The van der Waals surface area contributed by atoms with Crippen molar-refractivity contribution in [3.05, 3.63) is 187 Å². The highest BCUT2D eigenvalue weighted by molar-refractivity contribution is 6.26. The number of para-hydroxylation sites is 2. The summed E-state index contributed by atoms with van der Waals surface area (Å²) < 4.78 is 4.68. The molecule has 0 spiro atoms. The van der Waals surface area contributed by atoms with Crippen LogP contribution in [0.5, 0.6) is 0 Å². The minimum absolute atomic E-state index is 0.620. The molecule has 0 amide bonds. The molecular weight excluding hydrogens is 635 g/mol. The molecule has 3 heterocycles. The Labute approximate surface area is 300 Å². The van der Waals surface area contributed by atoms with Crippen molar-refractivity contribution in [2.45, 2.75) is 0 Å². The Morgan fingerprint density at radius 3 is 1.75 bits per heavy atom. The van der Waals surface area contributed by atoms with Gasteiger partial charge in [-0.2, -0.15) is 0 Å². The summed E-state index contributed by atoms with van der Waals surface area (Å²) in [4.78, 5) is 13.8. The lowest BCUT2D eigenvalue weighted by atomic mass is 10.1. The van der Waals surface area contributed by atoms with Crippen molar-refractivity contribution in [1.29, 1.82) is 0 Å². The molecule has 5 heteroatoms. The van der Waals surface area contributed by atoms with E-state index < -0.39 is 0 Å². The number of benzene rings is 7. The molecule has 0 bridgehead atoms. The minimum atomic E-state index is 0.620. The lowest BCUT2D eigenvalue weighted by Crippen LogP contribution is -1.97. The SMILES string of the molecule is [C-]#[N+]c1cccc(-n2c3ccccc3c3c2ccc2c4ccccc4n(-c4ccc(-c5cc(-c6ccccc6)nc(-c6ccccc6)n5)cc4)c23)c1. The topological polar surface area (TPSA) is 40.0 Å². The molecule has 242 valence electrons. The summed E-state index contributed by atoms with van der Waals surface area (Å²) >= 11 is 0. The molecular formula is C47H29N5. The average molecular weight is 664 g/mol. The third-order valence-electron chi connectivity index (χ3n) is 9.94. The first-order valence-electron chi connectivity index (χ1n) is 17.3. The molecule has 0 atom stereocenters. The van der Waals surface area contributed by atoms with E-state index in [1.54, 1.807) is 0 Å². The van der Waals surface area contributed by atoms with Crippen molar-refractivity contribution in [3.63, 3.8) is 0 Å². The zero-order valence-electron chi connectivity index (χ0n) is 28.0. The zero-order chi connectivity index (χ0) is 34.6. The Bertz CT molecular complexity index is 2950. The van der Waals surface area contributed by atoms with Gasteiger partial charge < -0.3 is 9.13 Å². The van der Waals surface area contributed by atoms with E-state index in [4.69, 9.17) is 16.5 Å². The van der Waals surface area contributed by atoms with Gasteiger partial charge in [0, 0.05) is 49.6 Å². The Hall–Kier alpha value is -7.29. The third-order valence-corrected chi connectivity index (χ3v) is 9.94. The monoisotopic (exact) mass is 663 g/mol. The largest absolute Gasteiger partial charge is 0.310 e. The van der Waals surface area contributed by atoms with Crippen LogP contribution in [-0.2, 0) is 0 Å². The molecule has 5 nitrogen and oxygen atoms in total. The molecule has 0 fully saturated rings. The Balaban J connectivity index is 1.20. The number of aromatic nitrogens is 4. The minimum Gasteiger partial charge on any atom is -0.310 e. The predicted molar refractivity (Wildman–Crippen MR) is 213 cm³/mol. The molecule has 0 saturated carbocycles. The van der Waals surface area contributed by atoms with E-state index in [1.165, 1.54) is 21.5 Å². The smallest absolute Gasteiger partial charge is 0.189 e. The van der Waals surface area contributed by atoms with Gasteiger partial charge >= 0.3 is 0 Å². The first-order valence-corrected chi connectivity index (χ1v) is 17.3. The first kappa shape index (κ1) is 29.6. The van der Waals surface area contributed by atoms with Crippen molar-refractivity contribution in [2.75, 3.05) is 0 Å². The number of hydrogen-bond acceptors (Lipinski definition) is 2. The zero-order valence-corrected chi connectivity index (χ0v) is 28.0. The van der Waals surface area contributed by atoms with Gasteiger partial charge in [-0.1, -0.05) is 127 Å². The average Bonchev–Trinajstić information content (AvgIpc) is 3.74. The summed E-state index contributed by atoms with van der Waals surface area (Å²) in [5.74, 6) is 0.698. The summed E-state index contributed by atoms with van der Waals surface area (Å²) in [6.45, 7) is 7.66. The molecule has 0 unspecified atom stereocenters. The van der Waals surface area contributed by atoms with E-state index in [2.05, 4.69) is 135 Å². The maximum atomic E-state index is 7.66. The lowest BCUT2D eigenvalue weighted by molar-refractivity contribution is 1.17. The van der Waals surface area contributed by atoms with Crippen LogP contribution in [-0.4, -0.2) is 19.1 Å². The van der Waals surface area contributed by atoms with Crippen LogP contribution in [0, 0.1) is 6.57 Å². The number of rotatable bonds is 5. The molecule has 10 aromatic rings. The third kappa shape index (κ3) is 4.70. The molecule has 0 radical (unpaired) electrons. The van der Waals surface area contributed by atoms with E-state index in [1.807, 2.05) is 54.6 Å².